The number of hydrogen-bond acceptors (Lipinski definition) is 3. The molecule has 1 aromatic heterocycles. The standard InChI is InChI=1S/C14H22FN3/c1-3-4-14-8-17-11(2)9-18(14)10-12-5-13(15)7-16-6-12/h5-7,11,14,17H,3-4,8-10H2,1-2H3. The maximum Gasteiger partial charge on any atom is 0.141 e. The summed E-state index contributed by atoms with van der Waals surface area (Å²) in [4.78, 5) is 6.37. The number of piperazine rings is 1. The maximum absolute atomic E-state index is 13.1. The summed E-state index contributed by atoms with van der Waals surface area (Å²) >= 11 is 0. The van der Waals surface area contributed by atoms with E-state index < -0.39 is 0 Å². The molecule has 2 rings (SSSR count). The molecule has 1 N–H and O–H groups in total. The fraction of sp³-hybridized carbons (Fsp3) is 0.643. The van der Waals surface area contributed by atoms with Gasteiger partial charge in [-0.25, -0.2) is 4.39 Å². The van der Waals surface area contributed by atoms with Crippen molar-refractivity contribution in [3.8, 4) is 0 Å². The molecule has 2 heterocycles. The summed E-state index contributed by atoms with van der Waals surface area (Å²) in [6.07, 6.45) is 5.38. The molecule has 0 amide bonds. The molecule has 2 unspecified atom stereocenters. The molecule has 3 nitrogen and oxygen atoms in total. The number of halogens is 1. The Morgan fingerprint density at radius 1 is 1.50 bits per heavy atom. The zero-order chi connectivity index (χ0) is 13.0. The van der Waals surface area contributed by atoms with Crippen molar-refractivity contribution < 1.29 is 4.39 Å². The smallest absolute Gasteiger partial charge is 0.141 e. The molecule has 1 aliphatic rings. The van der Waals surface area contributed by atoms with E-state index in [1.54, 1.807) is 12.3 Å². The summed E-state index contributed by atoms with van der Waals surface area (Å²) in [5, 5.41) is 3.51. The van der Waals surface area contributed by atoms with E-state index in [-0.39, 0.29) is 5.82 Å². The fourth-order valence-corrected chi connectivity index (χ4v) is 2.62. The molecule has 1 aromatic rings. The highest BCUT2D eigenvalue weighted by Gasteiger charge is 2.25. The minimum absolute atomic E-state index is 0.247. The van der Waals surface area contributed by atoms with Crippen LogP contribution in [-0.4, -0.2) is 35.1 Å². The highest BCUT2D eigenvalue weighted by molar-refractivity contribution is 5.10. The van der Waals surface area contributed by atoms with Crippen LogP contribution in [0.4, 0.5) is 4.39 Å². The molecule has 1 fully saturated rings. The van der Waals surface area contributed by atoms with Gasteiger partial charge in [-0.2, -0.15) is 0 Å². The van der Waals surface area contributed by atoms with Crippen LogP contribution >= 0.6 is 0 Å². The Labute approximate surface area is 108 Å². The van der Waals surface area contributed by atoms with Crippen LogP contribution in [0.15, 0.2) is 18.5 Å². The molecule has 0 spiro atoms. The molecule has 0 aliphatic carbocycles. The van der Waals surface area contributed by atoms with Gasteiger partial charge in [0.2, 0.25) is 0 Å². The minimum Gasteiger partial charge on any atom is -0.311 e. The van der Waals surface area contributed by atoms with Crippen LogP contribution in [0.2, 0.25) is 0 Å². The first-order chi connectivity index (χ1) is 8.69. The van der Waals surface area contributed by atoms with Crippen LogP contribution in [0.1, 0.15) is 32.3 Å². The van der Waals surface area contributed by atoms with E-state index in [2.05, 4.69) is 29.0 Å². The lowest BCUT2D eigenvalue weighted by molar-refractivity contribution is 0.120. The Morgan fingerprint density at radius 3 is 3.06 bits per heavy atom. The number of aromatic nitrogens is 1. The van der Waals surface area contributed by atoms with Crippen molar-refractivity contribution in [1.29, 1.82) is 0 Å². The van der Waals surface area contributed by atoms with Crippen molar-refractivity contribution in [3.63, 3.8) is 0 Å². The van der Waals surface area contributed by atoms with Crippen LogP contribution in [0, 0.1) is 5.82 Å². The van der Waals surface area contributed by atoms with Gasteiger partial charge in [-0.05, 0) is 25.0 Å². The van der Waals surface area contributed by atoms with Crippen LogP contribution in [0.3, 0.4) is 0 Å². The summed E-state index contributed by atoms with van der Waals surface area (Å²) in [6, 6.07) is 2.64. The zero-order valence-corrected chi connectivity index (χ0v) is 11.2. The lowest BCUT2D eigenvalue weighted by Gasteiger charge is -2.39. The third kappa shape index (κ3) is 3.50. The van der Waals surface area contributed by atoms with Crippen LogP contribution in [0.25, 0.3) is 0 Å². The van der Waals surface area contributed by atoms with E-state index in [9.17, 15) is 4.39 Å². The van der Waals surface area contributed by atoms with Gasteiger partial charge in [-0.15, -0.1) is 0 Å². The van der Waals surface area contributed by atoms with Crippen molar-refractivity contribution in [2.45, 2.75) is 45.3 Å². The molecule has 1 saturated heterocycles. The van der Waals surface area contributed by atoms with E-state index in [1.807, 2.05) is 0 Å². The van der Waals surface area contributed by atoms with Gasteiger partial charge in [0.1, 0.15) is 5.82 Å². The van der Waals surface area contributed by atoms with Gasteiger partial charge in [-0.1, -0.05) is 13.3 Å². The van der Waals surface area contributed by atoms with Crippen molar-refractivity contribution in [3.05, 3.63) is 29.8 Å². The normalized spacial score (nSPS) is 25.3. The second-order valence-corrected chi connectivity index (χ2v) is 5.19. The lowest BCUT2D eigenvalue weighted by atomic mass is 10.0. The molecule has 100 valence electrons. The fourth-order valence-electron chi connectivity index (χ4n) is 2.62. The third-order valence-electron chi connectivity index (χ3n) is 3.50. The highest BCUT2D eigenvalue weighted by atomic mass is 19.1. The number of pyridine rings is 1. The van der Waals surface area contributed by atoms with Crippen LogP contribution in [0.5, 0.6) is 0 Å². The molecule has 0 saturated carbocycles. The Bertz CT molecular complexity index is 383. The highest BCUT2D eigenvalue weighted by Crippen LogP contribution is 2.16. The Hall–Kier alpha value is -1.00. The number of nitrogens with one attached hydrogen (secondary N) is 1. The van der Waals surface area contributed by atoms with Crippen molar-refractivity contribution in [2.75, 3.05) is 13.1 Å². The van der Waals surface area contributed by atoms with Gasteiger partial charge in [-0.3, -0.25) is 9.88 Å². The first-order valence-corrected chi connectivity index (χ1v) is 6.76. The Morgan fingerprint density at radius 2 is 2.33 bits per heavy atom. The van der Waals surface area contributed by atoms with Gasteiger partial charge in [0.25, 0.3) is 0 Å². The molecule has 0 radical (unpaired) electrons. The van der Waals surface area contributed by atoms with E-state index in [0.717, 1.165) is 25.2 Å². The van der Waals surface area contributed by atoms with Gasteiger partial charge in [0.05, 0.1) is 6.20 Å². The van der Waals surface area contributed by atoms with Crippen LogP contribution < -0.4 is 5.32 Å². The van der Waals surface area contributed by atoms with Crippen LogP contribution in [-0.2, 0) is 6.54 Å². The Kier molecular flexibility index (Phi) is 4.66. The summed E-state index contributed by atoms with van der Waals surface area (Å²) in [5.41, 5.74) is 0.963. The van der Waals surface area contributed by atoms with Crippen molar-refractivity contribution in [2.24, 2.45) is 0 Å². The average molecular weight is 251 g/mol. The molecule has 0 aromatic carbocycles. The SMILES string of the molecule is CCCC1CNC(C)CN1Cc1cncc(F)c1. The molecule has 18 heavy (non-hydrogen) atoms. The monoisotopic (exact) mass is 251 g/mol. The van der Waals surface area contributed by atoms with Gasteiger partial charge in [0.15, 0.2) is 0 Å². The molecule has 4 heteroatoms. The first-order valence-electron chi connectivity index (χ1n) is 6.76. The molecule has 0 bridgehead atoms. The molecular weight excluding hydrogens is 229 g/mol. The first kappa shape index (κ1) is 13.4. The van der Waals surface area contributed by atoms with E-state index in [0.29, 0.717) is 12.1 Å². The van der Waals surface area contributed by atoms with E-state index >= 15 is 0 Å². The maximum atomic E-state index is 13.1. The predicted molar refractivity (Wildman–Crippen MR) is 70.8 cm³/mol. The zero-order valence-electron chi connectivity index (χ0n) is 11.2. The summed E-state index contributed by atoms with van der Waals surface area (Å²) in [7, 11) is 0. The van der Waals surface area contributed by atoms with Gasteiger partial charge < -0.3 is 5.32 Å². The largest absolute Gasteiger partial charge is 0.311 e. The van der Waals surface area contributed by atoms with Gasteiger partial charge in [0, 0.05) is 37.9 Å². The quantitative estimate of drug-likeness (QED) is 0.889. The summed E-state index contributed by atoms with van der Waals surface area (Å²) < 4.78 is 13.1. The Balaban J connectivity index is 2.03. The minimum atomic E-state index is -0.247. The van der Waals surface area contributed by atoms with E-state index in [4.69, 9.17) is 0 Å². The predicted octanol–water partition coefficient (Wildman–Crippen LogP) is 2.18. The topological polar surface area (TPSA) is 28.2 Å². The summed E-state index contributed by atoms with van der Waals surface area (Å²) in [5.74, 6) is -0.247. The van der Waals surface area contributed by atoms with Gasteiger partial charge >= 0.3 is 0 Å². The second kappa shape index (κ2) is 6.25. The van der Waals surface area contributed by atoms with Crippen molar-refractivity contribution in [1.82, 2.24) is 15.2 Å². The lowest BCUT2D eigenvalue weighted by Crippen LogP contribution is -2.54. The number of rotatable bonds is 4. The van der Waals surface area contributed by atoms with Crippen molar-refractivity contribution >= 4 is 0 Å². The molecular formula is C14H22FN3. The summed E-state index contributed by atoms with van der Waals surface area (Å²) in [6.45, 7) is 7.24. The van der Waals surface area contributed by atoms with E-state index in [1.165, 1.54) is 19.0 Å². The number of nitrogens with zero attached hydrogens (tertiary/aromatic N) is 2. The molecule has 2 atom stereocenters. The molecule has 1 aliphatic heterocycles. The second-order valence-electron chi connectivity index (χ2n) is 5.19. The third-order valence-corrected chi connectivity index (χ3v) is 3.50. The number of hydrogen-bond donors (Lipinski definition) is 1. The average Bonchev–Trinajstić information content (AvgIpc) is 2.33.